The summed E-state index contributed by atoms with van der Waals surface area (Å²) in [6, 6.07) is 9.11. The van der Waals surface area contributed by atoms with Crippen LogP contribution in [0.15, 0.2) is 30.3 Å². The Morgan fingerprint density at radius 1 is 0.455 bits per heavy atom. The summed E-state index contributed by atoms with van der Waals surface area (Å²) in [5.74, 6) is -0.748. The van der Waals surface area contributed by atoms with Gasteiger partial charge in [-0.15, -0.1) is 0 Å². The SMILES string of the molecule is CCCCCCCCCCCCOCCOCCOCCOCCOCCOCCOCCOCCOCCOCC(=O)NCCNc1ccc2c3c(cccc13)C(=O)N(CCCC)C2=O. The summed E-state index contributed by atoms with van der Waals surface area (Å²) in [5.41, 5.74) is 1.86. The summed E-state index contributed by atoms with van der Waals surface area (Å²) in [4.78, 5) is 39.8. The van der Waals surface area contributed by atoms with Gasteiger partial charge in [-0.25, -0.2) is 0 Å². The van der Waals surface area contributed by atoms with Crippen molar-refractivity contribution in [1.29, 1.82) is 0 Å². The van der Waals surface area contributed by atoms with E-state index in [0.29, 0.717) is 148 Å². The molecule has 0 bridgehead atoms. The summed E-state index contributed by atoms with van der Waals surface area (Å²) in [6.07, 6.45) is 15.0. The Balaban J connectivity index is 0.974. The summed E-state index contributed by atoms with van der Waals surface area (Å²) in [5, 5.41) is 7.61. The molecule has 2 aromatic carbocycles. The van der Waals surface area contributed by atoms with Crippen LogP contribution in [0.4, 0.5) is 5.69 Å². The fourth-order valence-corrected chi connectivity index (χ4v) is 7.11. The van der Waals surface area contributed by atoms with Gasteiger partial charge in [-0.1, -0.05) is 90.2 Å². The average Bonchev–Trinajstić information content (AvgIpc) is 3.33. The van der Waals surface area contributed by atoms with Crippen LogP contribution < -0.4 is 10.6 Å². The highest BCUT2D eigenvalue weighted by Gasteiger charge is 2.32. The molecule has 2 aromatic rings. The number of carbonyl (C=O) groups is 3. The number of unbranched alkanes of at least 4 members (excludes halogenated alkanes) is 10. The van der Waals surface area contributed by atoms with Crippen LogP contribution in [0, 0.1) is 0 Å². The molecule has 2 N–H and O–H groups in total. The monoisotopic (exact) mass is 934 g/mol. The summed E-state index contributed by atoms with van der Waals surface area (Å²) in [7, 11) is 0. The number of nitrogens with one attached hydrogen (secondary N) is 2. The molecular weight excluding hydrogens is 851 g/mol. The van der Waals surface area contributed by atoms with Crippen molar-refractivity contribution in [3.8, 4) is 0 Å². The van der Waals surface area contributed by atoms with Crippen LogP contribution in [-0.2, 0) is 52.2 Å². The van der Waals surface area contributed by atoms with E-state index in [1.165, 1.54) is 62.7 Å². The molecular formula is C50H83N3O13. The normalized spacial score (nSPS) is 12.5. The van der Waals surface area contributed by atoms with Gasteiger partial charge in [0.05, 0.1) is 119 Å². The molecule has 1 heterocycles. The molecule has 0 atom stereocenters. The molecule has 0 saturated heterocycles. The van der Waals surface area contributed by atoms with Gasteiger partial charge in [0, 0.05) is 53.8 Å². The molecule has 1 aliphatic heterocycles. The highest BCUT2D eigenvalue weighted by Crippen LogP contribution is 2.34. The third-order valence-electron chi connectivity index (χ3n) is 10.7. The van der Waals surface area contributed by atoms with E-state index in [2.05, 4.69) is 17.6 Å². The van der Waals surface area contributed by atoms with Gasteiger partial charge < -0.3 is 58.0 Å². The van der Waals surface area contributed by atoms with E-state index in [0.717, 1.165) is 36.9 Å². The second kappa shape index (κ2) is 39.7. The number of benzene rings is 2. The Morgan fingerprint density at radius 2 is 0.864 bits per heavy atom. The number of nitrogens with zero attached hydrogens (tertiary/aromatic N) is 1. The van der Waals surface area contributed by atoms with E-state index in [9.17, 15) is 14.4 Å². The minimum atomic E-state index is -0.256. The number of hydrogen-bond donors (Lipinski definition) is 2. The van der Waals surface area contributed by atoms with E-state index < -0.39 is 0 Å². The Hall–Kier alpha value is -3.29. The number of ether oxygens (including phenoxy) is 10. The maximum atomic E-state index is 13.1. The van der Waals surface area contributed by atoms with Crippen LogP contribution >= 0.6 is 0 Å². The van der Waals surface area contributed by atoms with Crippen molar-refractivity contribution >= 4 is 34.2 Å². The Kier molecular flexibility index (Phi) is 34.3. The molecule has 0 saturated carbocycles. The van der Waals surface area contributed by atoms with Crippen molar-refractivity contribution in [1.82, 2.24) is 10.2 Å². The molecule has 66 heavy (non-hydrogen) atoms. The van der Waals surface area contributed by atoms with Crippen LogP contribution in [0.25, 0.3) is 10.8 Å². The molecule has 0 radical (unpaired) electrons. The lowest BCUT2D eigenvalue weighted by Crippen LogP contribution is -2.40. The van der Waals surface area contributed by atoms with Crippen LogP contribution in [0.5, 0.6) is 0 Å². The molecule has 3 amide bonds. The van der Waals surface area contributed by atoms with E-state index >= 15 is 0 Å². The lowest BCUT2D eigenvalue weighted by molar-refractivity contribution is -0.126. The van der Waals surface area contributed by atoms with Crippen molar-refractivity contribution in [3.05, 3.63) is 41.5 Å². The minimum Gasteiger partial charge on any atom is -0.383 e. The van der Waals surface area contributed by atoms with Crippen molar-refractivity contribution in [2.75, 3.05) is 157 Å². The molecule has 3 rings (SSSR count). The standard InChI is InChI=1S/C50H83N3O13/c1-3-5-7-8-9-10-11-12-13-14-23-57-24-25-58-26-27-59-28-29-60-30-31-61-32-33-62-34-35-63-36-37-64-38-39-65-40-41-66-42-47(54)52-21-20-51-46-19-18-45-48-43(46)16-15-17-44(48)49(55)53(50(45)56)22-6-4-2/h15-19,51H,3-14,20-42H2,1-2H3,(H,52,54). The quantitative estimate of drug-likeness (QED) is 0.0522. The maximum absolute atomic E-state index is 13.1. The van der Waals surface area contributed by atoms with Gasteiger partial charge in [-0.2, -0.15) is 0 Å². The molecule has 0 unspecified atom stereocenters. The number of anilines is 1. The lowest BCUT2D eigenvalue weighted by atomic mass is 9.93. The van der Waals surface area contributed by atoms with Crippen LogP contribution in [0.1, 0.15) is 112 Å². The van der Waals surface area contributed by atoms with Crippen molar-refractivity contribution in [2.45, 2.75) is 90.9 Å². The van der Waals surface area contributed by atoms with Crippen molar-refractivity contribution in [3.63, 3.8) is 0 Å². The summed E-state index contributed by atoms with van der Waals surface area (Å²) >= 11 is 0. The first-order valence-electron chi connectivity index (χ1n) is 24.8. The number of rotatable bonds is 47. The first kappa shape index (κ1) is 57.0. The van der Waals surface area contributed by atoms with Gasteiger partial charge in [-0.3, -0.25) is 19.3 Å². The highest BCUT2D eigenvalue weighted by molar-refractivity contribution is 6.26. The first-order valence-corrected chi connectivity index (χ1v) is 24.8. The molecule has 1 aliphatic rings. The Bertz CT molecular complexity index is 1530. The van der Waals surface area contributed by atoms with Gasteiger partial charge >= 0.3 is 0 Å². The van der Waals surface area contributed by atoms with Crippen molar-refractivity contribution in [2.24, 2.45) is 0 Å². The third kappa shape index (κ3) is 25.7. The van der Waals surface area contributed by atoms with Gasteiger partial charge in [-0.05, 0) is 31.0 Å². The molecule has 0 fully saturated rings. The van der Waals surface area contributed by atoms with Crippen LogP contribution in [-0.4, -0.2) is 174 Å². The Morgan fingerprint density at radius 3 is 1.33 bits per heavy atom. The van der Waals surface area contributed by atoms with Crippen LogP contribution in [0.2, 0.25) is 0 Å². The summed E-state index contributed by atoms with van der Waals surface area (Å²) < 4.78 is 55.3. The predicted octanol–water partition coefficient (Wildman–Crippen LogP) is 6.85. The van der Waals surface area contributed by atoms with Crippen LogP contribution in [0.3, 0.4) is 0 Å². The van der Waals surface area contributed by atoms with Crippen molar-refractivity contribution < 1.29 is 61.8 Å². The molecule has 376 valence electrons. The topological polar surface area (TPSA) is 171 Å². The fourth-order valence-electron chi connectivity index (χ4n) is 7.11. The van der Waals surface area contributed by atoms with Gasteiger partial charge in [0.1, 0.15) is 6.61 Å². The third-order valence-corrected chi connectivity index (χ3v) is 10.7. The zero-order valence-corrected chi connectivity index (χ0v) is 40.4. The van der Waals surface area contributed by atoms with E-state index in [4.69, 9.17) is 47.4 Å². The van der Waals surface area contributed by atoms with Gasteiger partial charge in [0.25, 0.3) is 11.8 Å². The number of carbonyl (C=O) groups excluding carboxylic acids is 3. The second-order valence-electron chi connectivity index (χ2n) is 16.0. The highest BCUT2D eigenvalue weighted by atomic mass is 16.6. The van der Waals surface area contributed by atoms with Gasteiger partial charge in [0.2, 0.25) is 5.91 Å². The maximum Gasteiger partial charge on any atom is 0.261 e. The second-order valence-corrected chi connectivity index (χ2v) is 16.0. The largest absolute Gasteiger partial charge is 0.383 e. The Labute approximate surface area is 394 Å². The van der Waals surface area contributed by atoms with E-state index in [1.54, 1.807) is 12.1 Å². The average molecular weight is 934 g/mol. The molecule has 0 spiro atoms. The zero-order chi connectivity index (χ0) is 47.0. The van der Waals surface area contributed by atoms with E-state index in [1.807, 2.05) is 25.1 Å². The lowest BCUT2D eigenvalue weighted by Gasteiger charge is -2.27. The molecule has 16 nitrogen and oxygen atoms in total. The first-order chi connectivity index (χ1) is 32.6. The summed E-state index contributed by atoms with van der Waals surface area (Å²) in [6.45, 7) is 14.9. The number of hydrogen-bond acceptors (Lipinski definition) is 14. The molecule has 0 aliphatic carbocycles. The fraction of sp³-hybridized carbons (Fsp3) is 0.740. The minimum absolute atomic E-state index is 0.0762. The number of amides is 3. The zero-order valence-electron chi connectivity index (χ0n) is 40.4. The predicted molar refractivity (Wildman–Crippen MR) is 256 cm³/mol. The van der Waals surface area contributed by atoms with E-state index in [-0.39, 0.29) is 30.9 Å². The smallest absolute Gasteiger partial charge is 0.261 e. The van der Waals surface area contributed by atoms with Gasteiger partial charge in [0.15, 0.2) is 0 Å². The molecule has 0 aromatic heterocycles. The molecule has 16 heteroatoms. The number of imide groups is 1.